The van der Waals surface area contributed by atoms with Crippen molar-refractivity contribution in [2.45, 2.75) is 74.5 Å². The average Bonchev–Trinajstić information content (AvgIpc) is 2.59. The summed E-state index contributed by atoms with van der Waals surface area (Å²) < 4.78 is 0. The maximum atomic E-state index is 2.35. The molecule has 0 unspecified atom stereocenters. The number of rotatable bonds is 10. The van der Waals surface area contributed by atoms with Crippen LogP contribution in [0.25, 0.3) is 0 Å². The Labute approximate surface area is 151 Å². The molecule has 1 aliphatic carbocycles. The van der Waals surface area contributed by atoms with Crippen LogP contribution < -0.4 is 0 Å². The molecule has 1 fully saturated rings. The van der Waals surface area contributed by atoms with Gasteiger partial charge >= 0.3 is 0 Å². The van der Waals surface area contributed by atoms with Crippen LogP contribution in [0.3, 0.4) is 0 Å². The number of hydrogen-bond acceptors (Lipinski definition) is 2. The molecule has 0 N–H and O–H groups in total. The van der Waals surface area contributed by atoms with Gasteiger partial charge in [0.05, 0.1) is 0 Å². The summed E-state index contributed by atoms with van der Waals surface area (Å²) in [6.45, 7) is 2.08. The van der Waals surface area contributed by atoms with Gasteiger partial charge in [-0.05, 0) is 43.2 Å². The summed E-state index contributed by atoms with van der Waals surface area (Å²) in [4.78, 5) is 2.83. The van der Waals surface area contributed by atoms with Gasteiger partial charge in [0.25, 0.3) is 0 Å². The van der Waals surface area contributed by atoms with Crippen molar-refractivity contribution in [1.29, 1.82) is 0 Å². The minimum atomic E-state index is 1.06. The summed E-state index contributed by atoms with van der Waals surface area (Å²) in [5, 5.41) is 0. The number of benzene rings is 1. The van der Waals surface area contributed by atoms with E-state index in [0.717, 1.165) is 11.7 Å². The second kappa shape index (κ2) is 12.1. The number of thioether (sulfide) groups is 2. The van der Waals surface area contributed by atoms with Gasteiger partial charge in [0.1, 0.15) is 0 Å². The van der Waals surface area contributed by atoms with E-state index >= 15 is 0 Å². The van der Waals surface area contributed by atoms with Crippen molar-refractivity contribution in [3.63, 3.8) is 0 Å². The summed E-state index contributed by atoms with van der Waals surface area (Å²) in [6.07, 6.45) is 17.5. The lowest BCUT2D eigenvalue weighted by molar-refractivity contribution is 0.329. The molecular weight excluding hydrogens is 316 g/mol. The molecule has 2 rings (SSSR count). The van der Waals surface area contributed by atoms with Gasteiger partial charge in [-0.2, -0.15) is 0 Å². The molecule has 1 aliphatic rings. The summed E-state index contributed by atoms with van der Waals surface area (Å²) >= 11 is 3.95. The summed E-state index contributed by atoms with van der Waals surface area (Å²) in [5.74, 6) is 3.40. The highest BCUT2D eigenvalue weighted by Gasteiger charge is 2.12. The maximum absolute atomic E-state index is 2.35. The standard InChI is InChI=1S/C21H32S2/c1-2-3-16-22-20-14-10-15-21(18-20)23-17-9-5-8-13-19-11-6-4-7-12-19/h2-3,10,14-15,18-19H,4-9,11-13,16-17H2,1H3/b3-2+. The zero-order valence-corrected chi connectivity index (χ0v) is 16.3. The van der Waals surface area contributed by atoms with Crippen molar-refractivity contribution in [3.05, 3.63) is 36.4 Å². The molecule has 1 saturated carbocycles. The summed E-state index contributed by atoms with van der Waals surface area (Å²) in [6, 6.07) is 9.03. The Bertz CT molecular complexity index is 447. The zero-order chi connectivity index (χ0) is 16.2. The monoisotopic (exact) mass is 348 g/mol. The average molecular weight is 349 g/mol. The molecule has 1 aromatic carbocycles. The molecule has 0 nitrogen and oxygen atoms in total. The molecule has 0 heterocycles. The molecule has 0 aromatic heterocycles. The van der Waals surface area contributed by atoms with E-state index < -0.39 is 0 Å². The van der Waals surface area contributed by atoms with Gasteiger partial charge in [-0.3, -0.25) is 0 Å². The maximum Gasteiger partial charge on any atom is 0.0160 e. The first-order valence-electron chi connectivity index (χ1n) is 9.35. The molecule has 1 aromatic rings. The smallest absolute Gasteiger partial charge is 0.0160 e. The Morgan fingerprint density at radius 1 is 1.00 bits per heavy atom. The fraction of sp³-hybridized carbons (Fsp3) is 0.619. The Hall–Kier alpha value is -0.340. The number of hydrogen-bond donors (Lipinski definition) is 0. The lowest BCUT2D eigenvalue weighted by atomic mass is 9.86. The molecule has 0 bridgehead atoms. The van der Waals surface area contributed by atoms with Crippen LogP contribution in [0.15, 0.2) is 46.2 Å². The molecule has 128 valence electrons. The predicted molar refractivity (Wildman–Crippen MR) is 108 cm³/mol. The van der Waals surface area contributed by atoms with Crippen LogP contribution in [-0.2, 0) is 0 Å². The molecule has 0 amide bonds. The SMILES string of the molecule is C/C=C/CSc1cccc(SCCCCCC2CCCCC2)c1. The first-order valence-corrected chi connectivity index (χ1v) is 11.3. The molecular formula is C21H32S2. The van der Waals surface area contributed by atoms with Crippen LogP contribution in [0.5, 0.6) is 0 Å². The Morgan fingerprint density at radius 2 is 1.78 bits per heavy atom. The second-order valence-corrected chi connectivity index (χ2v) is 8.82. The Morgan fingerprint density at radius 3 is 2.57 bits per heavy atom. The van der Waals surface area contributed by atoms with Crippen molar-refractivity contribution in [2.24, 2.45) is 5.92 Å². The van der Waals surface area contributed by atoms with Crippen LogP contribution in [0.1, 0.15) is 64.7 Å². The van der Waals surface area contributed by atoms with Crippen LogP contribution in [0.4, 0.5) is 0 Å². The first-order chi connectivity index (χ1) is 11.4. The fourth-order valence-electron chi connectivity index (χ4n) is 3.27. The molecule has 2 heteroatoms. The highest BCUT2D eigenvalue weighted by Crippen LogP contribution is 2.29. The second-order valence-electron chi connectivity index (χ2n) is 6.56. The van der Waals surface area contributed by atoms with E-state index in [2.05, 4.69) is 43.3 Å². The van der Waals surface area contributed by atoms with Crippen LogP contribution >= 0.6 is 23.5 Å². The van der Waals surface area contributed by atoms with Crippen LogP contribution in [-0.4, -0.2) is 11.5 Å². The Balaban J connectivity index is 1.55. The van der Waals surface area contributed by atoms with Gasteiger partial charge in [-0.15, -0.1) is 23.5 Å². The highest BCUT2D eigenvalue weighted by molar-refractivity contribution is 8.00. The zero-order valence-electron chi connectivity index (χ0n) is 14.6. The van der Waals surface area contributed by atoms with Crippen molar-refractivity contribution in [2.75, 3.05) is 11.5 Å². The largest absolute Gasteiger partial charge is 0.126 e. The summed E-state index contributed by atoms with van der Waals surface area (Å²) in [7, 11) is 0. The van der Waals surface area contributed by atoms with Crippen molar-refractivity contribution < 1.29 is 0 Å². The van der Waals surface area contributed by atoms with E-state index in [0.29, 0.717) is 0 Å². The quantitative estimate of drug-likeness (QED) is 0.243. The fourth-order valence-corrected chi connectivity index (χ4v) is 5.18. The molecule has 0 aliphatic heterocycles. The first kappa shape index (κ1) is 19.0. The topological polar surface area (TPSA) is 0 Å². The lowest BCUT2D eigenvalue weighted by Crippen LogP contribution is -2.05. The van der Waals surface area contributed by atoms with E-state index in [1.165, 1.54) is 73.3 Å². The highest BCUT2D eigenvalue weighted by atomic mass is 32.2. The van der Waals surface area contributed by atoms with Gasteiger partial charge < -0.3 is 0 Å². The van der Waals surface area contributed by atoms with Gasteiger partial charge in [-0.25, -0.2) is 0 Å². The van der Waals surface area contributed by atoms with Crippen LogP contribution in [0, 0.1) is 5.92 Å². The minimum absolute atomic E-state index is 1.06. The number of allylic oxidation sites excluding steroid dienone is 1. The Kier molecular flexibility index (Phi) is 9.98. The third kappa shape index (κ3) is 8.35. The minimum Gasteiger partial charge on any atom is -0.126 e. The lowest BCUT2D eigenvalue weighted by Gasteiger charge is -2.21. The van der Waals surface area contributed by atoms with E-state index in [4.69, 9.17) is 0 Å². The van der Waals surface area contributed by atoms with E-state index in [9.17, 15) is 0 Å². The van der Waals surface area contributed by atoms with E-state index in [-0.39, 0.29) is 0 Å². The van der Waals surface area contributed by atoms with E-state index in [1.807, 2.05) is 23.5 Å². The molecule has 0 spiro atoms. The van der Waals surface area contributed by atoms with Crippen molar-refractivity contribution >= 4 is 23.5 Å². The van der Waals surface area contributed by atoms with Gasteiger partial charge in [0, 0.05) is 15.5 Å². The van der Waals surface area contributed by atoms with Gasteiger partial charge in [0.15, 0.2) is 0 Å². The van der Waals surface area contributed by atoms with Crippen LogP contribution in [0.2, 0.25) is 0 Å². The van der Waals surface area contributed by atoms with Gasteiger partial charge in [0.2, 0.25) is 0 Å². The predicted octanol–water partition coefficient (Wildman–Crippen LogP) is 7.59. The molecule has 0 radical (unpaired) electrons. The summed E-state index contributed by atoms with van der Waals surface area (Å²) in [5.41, 5.74) is 0. The normalized spacial score (nSPS) is 16.2. The van der Waals surface area contributed by atoms with E-state index in [1.54, 1.807) is 0 Å². The van der Waals surface area contributed by atoms with Crippen molar-refractivity contribution in [3.8, 4) is 0 Å². The molecule has 23 heavy (non-hydrogen) atoms. The van der Waals surface area contributed by atoms with Crippen molar-refractivity contribution in [1.82, 2.24) is 0 Å². The third-order valence-corrected chi connectivity index (χ3v) is 6.66. The number of unbranched alkanes of at least 4 members (excludes halogenated alkanes) is 2. The third-order valence-electron chi connectivity index (χ3n) is 4.64. The molecule has 0 saturated heterocycles. The van der Waals surface area contributed by atoms with Gasteiger partial charge in [-0.1, -0.05) is 69.6 Å². The molecule has 0 atom stereocenters.